The maximum absolute atomic E-state index is 12.3. The normalized spacial score (nSPS) is 12.6. The quantitative estimate of drug-likeness (QED) is 0.709. The van der Waals surface area contributed by atoms with E-state index in [-0.39, 0.29) is 11.7 Å². The van der Waals surface area contributed by atoms with Crippen LogP contribution in [0.3, 0.4) is 0 Å². The van der Waals surface area contributed by atoms with E-state index in [1.807, 2.05) is 42.5 Å². The van der Waals surface area contributed by atoms with Crippen LogP contribution < -0.4 is 5.69 Å². The SMILES string of the molecule is O=c1n([C@H](CS)COCc2ccccc2)nc2ccccn12. The number of fused-ring (bicyclic) bond motifs is 1. The first-order valence-corrected chi connectivity index (χ1v) is 7.71. The second kappa shape index (κ2) is 6.81. The smallest absolute Gasteiger partial charge is 0.350 e. The first-order valence-electron chi connectivity index (χ1n) is 7.08. The number of hydrogen-bond donors (Lipinski definition) is 1. The molecular weight excluding hydrogens is 298 g/mol. The zero-order valence-corrected chi connectivity index (χ0v) is 12.9. The van der Waals surface area contributed by atoms with Crippen molar-refractivity contribution < 1.29 is 4.74 Å². The molecular formula is C16H17N3O2S. The van der Waals surface area contributed by atoms with Crippen molar-refractivity contribution in [1.82, 2.24) is 14.2 Å². The van der Waals surface area contributed by atoms with E-state index in [0.717, 1.165) is 5.56 Å². The van der Waals surface area contributed by atoms with E-state index in [2.05, 4.69) is 17.7 Å². The first-order chi connectivity index (χ1) is 10.8. The van der Waals surface area contributed by atoms with E-state index in [4.69, 9.17) is 4.74 Å². The van der Waals surface area contributed by atoms with Crippen molar-refractivity contribution in [1.29, 1.82) is 0 Å². The summed E-state index contributed by atoms with van der Waals surface area (Å²) < 4.78 is 8.69. The fourth-order valence-electron chi connectivity index (χ4n) is 2.27. The summed E-state index contributed by atoms with van der Waals surface area (Å²) in [5.41, 5.74) is 1.56. The number of rotatable bonds is 6. The van der Waals surface area contributed by atoms with E-state index in [1.165, 1.54) is 9.08 Å². The topological polar surface area (TPSA) is 48.5 Å². The van der Waals surface area contributed by atoms with Gasteiger partial charge in [-0.25, -0.2) is 9.48 Å². The van der Waals surface area contributed by atoms with Gasteiger partial charge in [0.1, 0.15) is 0 Å². The van der Waals surface area contributed by atoms with Crippen molar-refractivity contribution in [3.8, 4) is 0 Å². The third-order valence-electron chi connectivity index (χ3n) is 3.43. The van der Waals surface area contributed by atoms with Gasteiger partial charge in [-0.3, -0.25) is 4.40 Å². The van der Waals surface area contributed by atoms with E-state index in [0.29, 0.717) is 24.6 Å². The molecule has 2 heterocycles. The predicted octanol–water partition coefficient (Wildman–Crippen LogP) is 2.18. The van der Waals surface area contributed by atoms with E-state index in [9.17, 15) is 4.79 Å². The maximum Gasteiger partial charge on any atom is 0.350 e. The molecule has 0 fully saturated rings. The molecule has 0 bridgehead atoms. The van der Waals surface area contributed by atoms with E-state index < -0.39 is 0 Å². The third-order valence-corrected chi connectivity index (χ3v) is 3.85. The van der Waals surface area contributed by atoms with Crippen molar-refractivity contribution in [2.24, 2.45) is 0 Å². The summed E-state index contributed by atoms with van der Waals surface area (Å²) in [5.74, 6) is 0.485. The Morgan fingerprint density at radius 2 is 1.91 bits per heavy atom. The predicted molar refractivity (Wildman–Crippen MR) is 88.4 cm³/mol. The number of hydrogen-bond acceptors (Lipinski definition) is 4. The second-order valence-corrected chi connectivity index (χ2v) is 5.36. The number of ether oxygens (including phenoxy) is 1. The second-order valence-electron chi connectivity index (χ2n) is 4.99. The molecule has 0 radical (unpaired) electrons. The van der Waals surface area contributed by atoms with Crippen LogP contribution in [0.1, 0.15) is 11.6 Å². The maximum atomic E-state index is 12.3. The summed E-state index contributed by atoms with van der Waals surface area (Å²) >= 11 is 4.33. The summed E-state index contributed by atoms with van der Waals surface area (Å²) in [6, 6.07) is 15.2. The number of nitrogens with zero attached hydrogens (tertiary/aromatic N) is 3. The van der Waals surface area contributed by atoms with Gasteiger partial charge in [-0.1, -0.05) is 36.4 Å². The zero-order chi connectivity index (χ0) is 15.4. The molecule has 0 amide bonds. The van der Waals surface area contributed by atoms with Crippen LogP contribution in [0.2, 0.25) is 0 Å². The van der Waals surface area contributed by atoms with Gasteiger partial charge in [-0.2, -0.15) is 12.6 Å². The van der Waals surface area contributed by atoms with Crippen LogP contribution in [0.25, 0.3) is 5.65 Å². The Hall–Kier alpha value is -2.05. The highest BCUT2D eigenvalue weighted by molar-refractivity contribution is 7.80. The van der Waals surface area contributed by atoms with Crippen molar-refractivity contribution >= 4 is 18.3 Å². The minimum atomic E-state index is -0.195. The summed E-state index contributed by atoms with van der Waals surface area (Å²) in [6.45, 7) is 0.898. The molecule has 0 aliphatic heterocycles. The molecule has 1 atom stereocenters. The summed E-state index contributed by atoms with van der Waals surface area (Å²) in [4.78, 5) is 12.3. The molecule has 0 aliphatic carbocycles. The first kappa shape index (κ1) is 14.9. The monoisotopic (exact) mass is 315 g/mol. The zero-order valence-electron chi connectivity index (χ0n) is 12.0. The Kier molecular flexibility index (Phi) is 4.60. The molecule has 2 aromatic heterocycles. The molecule has 5 nitrogen and oxygen atoms in total. The van der Waals surface area contributed by atoms with Crippen LogP contribution in [-0.4, -0.2) is 26.5 Å². The van der Waals surface area contributed by atoms with Crippen molar-refractivity contribution in [3.63, 3.8) is 0 Å². The number of benzene rings is 1. The van der Waals surface area contributed by atoms with Crippen molar-refractivity contribution in [2.45, 2.75) is 12.6 Å². The third kappa shape index (κ3) is 3.08. The minimum Gasteiger partial charge on any atom is -0.375 e. The Balaban J connectivity index is 1.73. The fraction of sp³-hybridized carbons (Fsp3) is 0.250. The molecule has 0 saturated carbocycles. The molecule has 0 spiro atoms. The van der Waals surface area contributed by atoms with Gasteiger partial charge in [-0.15, -0.1) is 5.10 Å². The van der Waals surface area contributed by atoms with Gasteiger partial charge in [0.2, 0.25) is 0 Å². The van der Waals surface area contributed by atoms with Gasteiger partial charge in [0.15, 0.2) is 5.65 Å². The highest BCUT2D eigenvalue weighted by Gasteiger charge is 2.16. The average Bonchev–Trinajstić information content (AvgIpc) is 2.90. The van der Waals surface area contributed by atoms with Crippen molar-refractivity contribution in [2.75, 3.05) is 12.4 Å². The molecule has 114 valence electrons. The van der Waals surface area contributed by atoms with Crippen LogP contribution in [-0.2, 0) is 11.3 Å². The lowest BCUT2D eigenvalue weighted by Crippen LogP contribution is -2.29. The van der Waals surface area contributed by atoms with Crippen LogP contribution in [0.5, 0.6) is 0 Å². The highest BCUT2D eigenvalue weighted by Crippen LogP contribution is 2.09. The van der Waals surface area contributed by atoms with Gasteiger partial charge in [0.05, 0.1) is 19.3 Å². The summed E-state index contributed by atoms with van der Waals surface area (Å²) in [5, 5.41) is 4.35. The van der Waals surface area contributed by atoms with Gasteiger partial charge < -0.3 is 4.74 Å². The average molecular weight is 315 g/mol. The Bertz CT molecular complexity index is 798. The van der Waals surface area contributed by atoms with Gasteiger partial charge in [-0.05, 0) is 17.7 Å². The summed E-state index contributed by atoms with van der Waals surface area (Å²) in [7, 11) is 0. The number of aromatic nitrogens is 3. The highest BCUT2D eigenvalue weighted by atomic mass is 32.1. The Morgan fingerprint density at radius 3 is 2.64 bits per heavy atom. The molecule has 0 N–H and O–H groups in total. The van der Waals surface area contributed by atoms with Crippen molar-refractivity contribution in [3.05, 3.63) is 70.8 Å². The molecule has 3 aromatic rings. The molecule has 3 rings (SSSR count). The van der Waals surface area contributed by atoms with Gasteiger partial charge >= 0.3 is 5.69 Å². The van der Waals surface area contributed by atoms with Crippen LogP contribution in [0.15, 0.2) is 59.5 Å². The number of thiol groups is 1. The minimum absolute atomic E-state index is 0.169. The van der Waals surface area contributed by atoms with Crippen LogP contribution in [0.4, 0.5) is 0 Å². The van der Waals surface area contributed by atoms with Gasteiger partial charge in [0, 0.05) is 11.9 Å². The summed E-state index contributed by atoms with van der Waals surface area (Å²) in [6.07, 6.45) is 1.71. The fourth-order valence-corrected chi connectivity index (χ4v) is 2.53. The van der Waals surface area contributed by atoms with Crippen LogP contribution >= 0.6 is 12.6 Å². The Morgan fingerprint density at radius 1 is 1.14 bits per heavy atom. The molecule has 0 aliphatic rings. The van der Waals surface area contributed by atoms with Gasteiger partial charge in [0.25, 0.3) is 0 Å². The van der Waals surface area contributed by atoms with E-state index in [1.54, 1.807) is 12.3 Å². The Labute approximate surface area is 133 Å². The molecule has 1 aromatic carbocycles. The largest absolute Gasteiger partial charge is 0.375 e. The standard InChI is InChI=1S/C16H17N3O2S/c20-16-18-9-5-4-8-15(18)17-19(16)14(12-22)11-21-10-13-6-2-1-3-7-13/h1-9,14,22H,10-12H2/t14-/m0/s1. The lowest BCUT2D eigenvalue weighted by atomic mass is 10.2. The molecule has 0 unspecified atom stereocenters. The lowest BCUT2D eigenvalue weighted by Gasteiger charge is -2.14. The number of pyridine rings is 1. The molecule has 0 saturated heterocycles. The van der Waals surface area contributed by atoms with E-state index >= 15 is 0 Å². The molecule has 6 heteroatoms. The van der Waals surface area contributed by atoms with Crippen LogP contribution in [0, 0.1) is 0 Å². The molecule has 22 heavy (non-hydrogen) atoms. The lowest BCUT2D eigenvalue weighted by molar-refractivity contribution is 0.0918.